The van der Waals surface area contributed by atoms with Crippen LogP contribution in [0.15, 0.2) is 63.8 Å². The Bertz CT molecular complexity index is 1440. The van der Waals surface area contributed by atoms with Crippen LogP contribution in [-0.2, 0) is 9.53 Å². The lowest BCUT2D eigenvalue weighted by Crippen LogP contribution is -2.40. The number of aromatic nitrogens is 2. The molecule has 2 aromatic heterocycles. The average molecular weight is 494 g/mol. The van der Waals surface area contributed by atoms with Gasteiger partial charge in [0.05, 0.1) is 36.6 Å². The van der Waals surface area contributed by atoms with Crippen LogP contribution in [0.4, 0.5) is 0 Å². The molecule has 0 bridgehead atoms. The van der Waals surface area contributed by atoms with Crippen LogP contribution in [0.25, 0.3) is 6.08 Å². The number of fused-ring (bicyclic) bond motifs is 1. The Morgan fingerprint density at radius 1 is 1.20 bits per heavy atom. The highest BCUT2D eigenvalue weighted by molar-refractivity contribution is 7.07. The van der Waals surface area contributed by atoms with Crippen molar-refractivity contribution in [2.75, 3.05) is 20.8 Å². The third-order valence-corrected chi connectivity index (χ3v) is 6.59. The summed E-state index contributed by atoms with van der Waals surface area (Å²) in [4.78, 5) is 36.5. The van der Waals surface area contributed by atoms with Gasteiger partial charge in [-0.25, -0.2) is 9.79 Å². The second kappa shape index (κ2) is 10.7. The molecule has 1 atom stereocenters. The van der Waals surface area contributed by atoms with E-state index in [1.165, 1.54) is 11.3 Å². The lowest BCUT2D eigenvalue weighted by Gasteiger charge is -2.27. The van der Waals surface area contributed by atoms with Crippen molar-refractivity contribution in [2.45, 2.75) is 32.7 Å². The number of hydrogen-bond acceptors (Lipinski definition) is 8. The lowest BCUT2D eigenvalue weighted by molar-refractivity contribution is -0.139. The molecule has 0 saturated heterocycles. The first-order valence-corrected chi connectivity index (χ1v) is 12.2. The van der Waals surface area contributed by atoms with Gasteiger partial charge in [-0.2, -0.15) is 0 Å². The molecule has 1 aliphatic heterocycles. The summed E-state index contributed by atoms with van der Waals surface area (Å²) in [6.07, 6.45) is 6.48. The van der Waals surface area contributed by atoms with Crippen molar-refractivity contribution in [1.82, 2.24) is 9.55 Å². The zero-order chi connectivity index (χ0) is 24.9. The van der Waals surface area contributed by atoms with Crippen LogP contribution < -0.4 is 24.4 Å². The molecule has 9 heteroatoms. The predicted octanol–water partition coefficient (Wildman–Crippen LogP) is 2.99. The number of thiazole rings is 1. The predicted molar refractivity (Wildman–Crippen MR) is 133 cm³/mol. The number of carbonyl (C=O) groups is 1. The molecule has 8 nitrogen and oxygen atoms in total. The Hall–Kier alpha value is -3.72. The zero-order valence-electron chi connectivity index (χ0n) is 20.1. The van der Waals surface area contributed by atoms with Crippen molar-refractivity contribution in [3.63, 3.8) is 0 Å². The van der Waals surface area contributed by atoms with Crippen molar-refractivity contribution < 1.29 is 19.0 Å². The molecule has 0 radical (unpaired) electrons. The van der Waals surface area contributed by atoms with E-state index in [1.54, 1.807) is 62.4 Å². The summed E-state index contributed by atoms with van der Waals surface area (Å²) >= 11 is 1.28. The molecule has 1 aliphatic rings. The van der Waals surface area contributed by atoms with E-state index in [4.69, 9.17) is 19.2 Å². The van der Waals surface area contributed by atoms with Crippen LogP contribution in [0, 0.1) is 0 Å². The fraction of sp³-hybridized carbons (Fsp3) is 0.308. The van der Waals surface area contributed by atoms with Gasteiger partial charge in [0, 0.05) is 18.0 Å². The Morgan fingerprint density at radius 2 is 2.03 bits per heavy atom. The van der Waals surface area contributed by atoms with Crippen LogP contribution in [0.2, 0.25) is 0 Å². The van der Waals surface area contributed by atoms with Gasteiger partial charge < -0.3 is 14.2 Å². The Balaban J connectivity index is 2.06. The quantitative estimate of drug-likeness (QED) is 0.448. The van der Waals surface area contributed by atoms with Crippen LogP contribution in [0.1, 0.15) is 43.9 Å². The lowest BCUT2D eigenvalue weighted by atomic mass is 9.93. The molecule has 3 heterocycles. The second-order valence-electron chi connectivity index (χ2n) is 7.81. The van der Waals surface area contributed by atoms with Gasteiger partial charge in [0.1, 0.15) is 17.5 Å². The van der Waals surface area contributed by atoms with E-state index in [-0.39, 0.29) is 12.2 Å². The van der Waals surface area contributed by atoms with E-state index in [1.807, 2.05) is 19.1 Å². The molecule has 0 spiro atoms. The zero-order valence-corrected chi connectivity index (χ0v) is 20.9. The van der Waals surface area contributed by atoms with E-state index in [0.717, 1.165) is 12.0 Å². The first-order chi connectivity index (χ1) is 17.0. The maximum absolute atomic E-state index is 13.8. The number of hydrogen-bond donors (Lipinski definition) is 0. The van der Waals surface area contributed by atoms with Crippen LogP contribution in [-0.4, -0.2) is 36.3 Å². The van der Waals surface area contributed by atoms with Gasteiger partial charge in [0.25, 0.3) is 5.56 Å². The van der Waals surface area contributed by atoms with E-state index in [0.29, 0.717) is 44.1 Å². The Labute approximate surface area is 206 Å². The molecule has 35 heavy (non-hydrogen) atoms. The number of allylic oxidation sites excluding steroid dienone is 1. The summed E-state index contributed by atoms with van der Waals surface area (Å²) in [6, 6.07) is 8.23. The topological polar surface area (TPSA) is 92.0 Å². The third kappa shape index (κ3) is 4.77. The minimum absolute atomic E-state index is 0.204. The molecule has 3 aromatic rings. The number of ether oxygens (including phenoxy) is 3. The fourth-order valence-corrected chi connectivity index (χ4v) is 5.10. The van der Waals surface area contributed by atoms with E-state index >= 15 is 0 Å². The molecule has 4 rings (SSSR count). The van der Waals surface area contributed by atoms with Crippen molar-refractivity contribution in [3.8, 4) is 11.5 Å². The van der Waals surface area contributed by atoms with Crippen LogP contribution >= 0.6 is 11.3 Å². The highest BCUT2D eigenvalue weighted by Gasteiger charge is 2.36. The highest BCUT2D eigenvalue weighted by Crippen LogP contribution is 2.38. The number of esters is 1. The van der Waals surface area contributed by atoms with E-state index in [2.05, 4.69) is 4.98 Å². The first kappa shape index (κ1) is 24.4. The highest BCUT2D eigenvalue weighted by atomic mass is 32.1. The van der Waals surface area contributed by atoms with Gasteiger partial charge in [-0.05, 0) is 49.2 Å². The van der Waals surface area contributed by atoms with Gasteiger partial charge in [0.2, 0.25) is 0 Å². The van der Waals surface area contributed by atoms with Crippen molar-refractivity contribution in [3.05, 3.63) is 84.8 Å². The van der Waals surface area contributed by atoms with Crippen LogP contribution in [0.5, 0.6) is 11.5 Å². The second-order valence-corrected chi connectivity index (χ2v) is 8.82. The molecular weight excluding hydrogens is 466 g/mol. The minimum atomic E-state index is -0.784. The normalized spacial score (nSPS) is 15.4. The minimum Gasteiger partial charge on any atom is -0.497 e. The summed E-state index contributed by atoms with van der Waals surface area (Å²) in [5, 5.41) is 0. The summed E-state index contributed by atoms with van der Waals surface area (Å²) in [5.74, 6) is 0.601. The first-order valence-electron chi connectivity index (χ1n) is 11.4. The smallest absolute Gasteiger partial charge is 0.338 e. The fourth-order valence-electron chi connectivity index (χ4n) is 4.08. The molecule has 0 N–H and O–H groups in total. The number of rotatable bonds is 8. The van der Waals surface area contributed by atoms with Crippen molar-refractivity contribution in [1.29, 1.82) is 0 Å². The SMILES string of the molecule is CCCC1=C(C(=O)OCC)[C@@H](c2cc(OC)ccc2OC)n2c(sc(=Cc3cccnc3)c2=O)=N1. The number of methoxy groups -OCH3 is 2. The molecule has 0 fully saturated rings. The van der Waals surface area contributed by atoms with Gasteiger partial charge in [-0.15, -0.1) is 0 Å². The largest absolute Gasteiger partial charge is 0.497 e. The molecule has 0 aliphatic carbocycles. The van der Waals surface area contributed by atoms with Gasteiger partial charge >= 0.3 is 5.97 Å². The standard InChI is InChI=1S/C26H27N3O5S/c1-5-8-19-22(25(31)34-6-2)23(18-14-17(32-3)10-11-20(18)33-4)29-24(30)21(35-26(29)28-19)13-16-9-7-12-27-15-16/h7,9-15,23H,5-6,8H2,1-4H3/t23-/m1/s1. The van der Waals surface area contributed by atoms with Crippen molar-refractivity contribution >= 4 is 23.4 Å². The molecular formula is C26H27N3O5S. The maximum atomic E-state index is 13.8. The molecule has 1 aromatic carbocycles. The maximum Gasteiger partial charge on any atom is 0.338 e. The third-order valence-electron chi connectivity index (χ3n) is 5.61. The Kier molecular flexibility index (Phi) is 7.45. The Morgan fingerprint density at radius 3 is 2.69 bits per heavy atom. The molecule has 0 saturated carbocycles. The summed E-state index contributed by atoms with van der Waals surface area (Å²) in [6.45, 7) is 3.97. The number of benzene rings is 1. The summed E-state index contributed by atoms with van der Waals surface area (Å²) < 4.78 is 18.6. The number of carbonyl (C=O) groups excluding carboxylic acids is 1. The van der Waals surface area contributed by atoms with Gasteiger partial charge in [0.15, 0.2) is 4.80 Å². The van der Waals surface area contributed by atoms with Crippen molar-refractivity contribution in [2.24, 2.45) is 4.99 Å². The molecule has 0 unspecified atom stereocenters. The molecule has 0 amide bonds. The van der Waals surface area contributed by atoms with Gasteiger partial charge in [-0.3, -0.25) is 14.3 Å². The van der Waals surface area contributed by atoms with E-state index < -0.39 is 12.0 Å². The molecule has 182 valence electrons. The monoisotopic (exact) mass is 493 g/mol. The van der Waals surface area contributed by atoms with Gasteiger partial charge in [-0.1, -0.05) is 30.7 Å². The van der Waals surface area contributed by atoms with E-state index in [9.17, 15) is 9.59 Å². The average Bonchev–Trinajstić information content (AvgIpc) is 3.18. The summed E-state index contributed by atoms with van der Waals surface area (Å²) in [7, 11) is 3.12. The number of nitrogens with zero attached hydrogens (tertiary/aromatic N) is 3. The summed E-state index contributed by atoms with van der Waals surface area (Å²) in [5.41, 5.74) is 2.10. The number of pyridine rings is 1. The van der Waals surface area contributed by atoms with Crippen LogP contribution in [0.3, 0.4) is 0 Å².